The summed E-state index contributed by atoms with van der Waals surface area (Å²) in [6.07, 6.45) is 1.80. The summed E-state index contributed by atoms with van der Waals surface area (Å²) in [6.45, 7) is 5.72. The van der Waals surface area contributed by atoms with Gasteiger partial charge in [-0.25, -0.2) is 8.42 Å². The fourth-order valence-electron chi connectivity index (χ4n) is 3.28. The van der Waals surface area contributed by atoms with Crippen LogP contribution in [0.4, 0.5) is 5.69 Å². The first-order valence-electron chi connectivity index (χ1n) is 9.72. The van der Waals surface area contributed by atoms with Gasteiger partial charge in [0.25, 0.3) is 0 Å². The Labute approximate surface area is 184 Å². The maximum absolute atomic E-state index is 13.1. The molecule has 30 heavy (non-hydrogen) atoms. The zero-order valence-corrected chi connectivity index (χ0v) is 19.5. The minimum Gasteiger partial charge on any atom is -0.497 e. The first-order valence-corrected chi connectivity index (χ1v) is 11.9. The van der Waals surface area contributed by atoms with Crippen molar-refractivity contribution in [2.75, 3.05) is 17.7 Å². The SMILES string of the molecule is COc1ccc([C@H](CC(C)C)NC(=O)[C@@H](C)N(c2ccc(Cl)cc2)S(C)(=O)=O)cc1. The van der Waals surface area contributed by atoms with Crippen molar-refractivity contribution in [1.29, 1.82) is 0 Å². The standard InChI is InChI=1S/C22H29ClN2O4S/c1-15(2)14-21(17-6-12-20(29-4)13-7-17)24-22(26)16(3)25(30(5,27)28)19-10-8-18(23)9-11-19/h6-13,15-16,21H,14H2,1-5H3,(H,24,26)/t16-,21+/m1/s1. The molecule has 0 aliphatic heterocycles. The number of hydrogen-bond donors (Lipinski definition) is 1. The molecule has 1 N–H and O–H groups in total. The molecule has 2 aromatic rings. The third-order valence-corrected chi connectivity index (χ3v) is 6.20. The number of benzene rings is 2. The van der Waals surface area contributed by atoms with Crippen LogP contribution in [-0.2, 0) is 14.8 Å². The number of methoxy groups -OCH3 is 1. The Morgan fingerprint density at radius 2 is 1.63 bits per heavy atom. The lowest BCUT2D eigenvalue weighted by atomic mass is 9.96. The van der Waals surface area contributed by atoms with Crippen molar-refractivity contribution in [2.45, 2.75) is 39.3 Å². The third kappa shape index (κ3) is 6.37. The Morgan fingerprint density at radius 1 is 1.07 bits per heavy atom. The van der Waals surface area contributed by atoms with E-state index in [1.807, 2.05) is 24.3 Å². The van der Waals surface area contributed by atoms with Crippen LogP contribution in [0.25, 0.3) is 0 Å². The van der Waals surface area contributed by atoms with Crippen LogP contribution in [0.5, 0.6) is 5.75 Å². The lowest BCUT2D eigenvalue weighted by Gasteiger charge is -2.30. The molecule has 0 spiro atoms. The summed E-state index contributed by atoms with van der Waals surface area (Å²) in [5, 5.41) is 3.51. The second kappa shape index (κ2) is 10.2. The molecule has 0 aliphatic rings. The number of nitrogens with one attached hydrogen (secondary N) is 1. The Balaban J connectivity index is 2.30. The molecule has 0 aromatic heterocycles. The average Bonchev–Trinajstić information content (AvgIpc) is 2.67. The van der Waals surface area contributed by atoms with Gasteiger partial charge in [-0.05, 0) is 61.2 Å². The molecular weight excluding hydrogens is 424 g/mol. The first kappa shape index (κ1) is 24.0. The Morgan fingerprint density at radius 3 is 2.10 bits per heavy atom. The van der Waals surface area contributed by atoms with E-state index in [9.17, 15) is 13.2 Å². The van der Waals surface area contributed by atoms with Crippen LogP contribution >= 0.6 is 11.6 Å². The van der Waals surface area contributed by atoms with E-state index in [-0.39, 0.29) is 11.9 Å². The molecule has 2 aromatic carbocycles. The van der Waals surface area contributed by atoms with E-state index in [0.717, 1.165) is 21.9 Å². The van der Waals surface area contributed by atoms with Crippen LogP contribution < -0.4 is 14.4 Å². The molecule has 2 rings (SSSR count). The lowest BCUT2D eigenvalue weighted by Crippen LogP contribution is -2.48. The van der Waals surface area contributed by atoms with Crippen LogP contribution in [-0.4, -0.2) is 33.7 Å². The smallest absolute Gasteiger partial charge is 0.244 e. The fourth-order valence-corrected chi connectivity index (χ4v) is 4.58. The van der Waals surface area contributed by atoms with Crippen molar-refractivity contribution < 1.29 is 17.9 Å². The third-order valence-electron chi connectivity index (χ3n) is 4.71. The molecule has 0 unspecified atom stereocenters. The predicted molar refractivity (Wildman–Crippen MR) is 122 cm³/mol. The summed E-state index contributed by atoms with van der Waals surface area (Å²) in [7, 11) is -2.10. The normalized spacial score (nSPS) is 13.6. The number of nitrogens with zero attached hydrogens (tertiary/aromatic N) is 1. The van der Waals surface area contributed by atoms with Crippen molar-refractivity contribution in [2.24, 2.45) is 5.92 Å². The predicted octanol–water partition coefficient (Wildman–Crippen LogP) is 4.41. The van der Waals surface area contributed by atoms with E-state index < -0.39 is 16.1 Å². The van der Waals surface area contributed by atoms with Gasteiger partial charge in [0.2, 0.25) is 15.9 Å². The second-order valence-corrected chi connectivity index (χ2v) is 9.97. The summed E-state index contributed by atoms with van der Waals surface area (Å²) in [5.41, 5.74) is 1.32. The summed E-state index contributed by atoms with van der Waals surface area (Å²) in [4.78, 5) is 13.1. The van der Waals surface area contributed by atoms with Gasteiger partial charge in [-0.15, -0.1) is 0 Å². The molecule has 1 amide bonds. The quantitative estimate of drug-likeness (QED) is 0.611. The number of carbonyl (C=O) groups is 1. The maximum Gasteiger partial charge on any atom is 0.244 e. The average molecular weight is 453 g/mol. The summed E-state index contributed by atoms with van der Waals surface area (Å²) in [5.74, 6) is 0.680. The first-order chi connectivity index (χ1) is 14.0. The highest BCUT2D eigenvalue weighted by atomic mass is 35.5. The molecule has 8 heteroatoms. The van der Waals surface area contributed by atoms with E-state index in [0.29, 0.717) is 23.0 Å². The van der Waals surface area contributed by atoms with Gasteiger partial charge in [-0.1, -0.05) is 37.6 Å². The molecular formula is C22H29ClN2O4S. The number of hydrogen-bond acceptors (Lipinski definition) is 4. The highest BCUT2D eigenvalue weighted by Gasteiger charge is 2.30. The van der Waals surface area contributed by atoms with E-state index in [2.05, 4.69) is 19.2 Å². The van der Waals surface area contributed by atoms with Gasteiger partial charge in [0.1, 0.15) is 11.8 Å². The van der Waals surface area contributed by atoms with E-state index in [1.165, 1.54) is 0 Å². The molecule has 2 atom stereocenters. The number of anilines is 1. The van der Waals surface area contributed by atoms with Crippen molar-refractivity contribution in [1.82, 2.24) is 5.32 Å². The van der Waals surface area contributed by atoms with Gasteiger partial charge in [0, 0.05) is 5.02 Å². The number of carbonyl (C=O) groups excluding carboxylic acids is 1. The minimum absolute atomic E-state index is 0.252. The van der Waals surface area contributed by atoms with Gasteiger partial charge >= 0.3 is 0 Å². The minimum atomic E-state index is -3.69. The van der Waals surface area contributed by atoms with E-state index in [1.54, 1.807) is 38.3 Å². The van der Waals surface area contributed by atoms with Crippen LogP contribution in [0.2, 0.25) is 5.02 Å². The van der Waals surface area contributed by atoms with Crippen LogP contribution in [0.1, 0.15) is 38.8 Å². The second-order valence-electron chi connectivity index (χ2n) is 7.68. The summed E-state index contributed by atoms with van der Waals surface area (Å²) in [6, 6.07) is 12.7. The van der Waals surface area contributed by atoms with Crippen molar-refractivity contribution in [3.63, 3.8) is 0 Å². The molecule has 0 radical (unpaired) electrons. The van der Waals surface area contributed by atoms with E-state index >= 15 is 0 Å². The largest absolute Gasteiger partial charge is 0.497 e. The molecule has 164 valence electrons. The summed E-state index contributed by atoms with van der Waals surface area (Å²) >= 11 is 5.92. The molecule has 0 bridgehead atoms. The van der Waals surface area contributed by atoms with Crippen LogP contribution in [0.15, 0.2) is 48.5 Å². The lowest BCUT2D eigenvalue weighted by molar-refractivity contribution is -0.122. The highest BCUT2D eigenvalue weighted by molar-refractivity contribution is 7.92. The Bertz CT molecular complexity index is 944. The maximum atomic E-state index is 13.1. The molecule has 6 nitrogen and oxygen atoms in total. The Hall–Kier alpha value is -2.25. The Kier molecular flexibility index (Phi) is 8.15. The van der Waals surface area contributed by atoms with Crippen molar-refractivity contribution >= 4 is 33.2 Å². The van der Waals surface area contributed by atoms with Crippen molar-refractivity contribution in [3.8, 4) is 5.75 Å². The molecule has 0 saturated carbocycles. The monoisotopic (exact) mass is 452 g/mol. The van der Waals surface area contributed by atoms with Gasteiger partial charge < -0.3 is 10.1 Å². The van der Waals surface area contributed by atoms with E-state index in [4.69, 9.17) is 16.3 Å². The fraction of sp³-hybridized carbons (Fsp3) is 0.409. The summed E-state index contributed by atoms with van der Waals surface area (Å²) < 4.78 is 31.2. The number of ether oxygens (including phenoxy) is 1. The van der Waals surface area contributed by atoms with Gasteiger partial charge in [-0.3, -0.25) is 9.10 Å². The van der Waals surface area contributed by atoms with Gasteiger partial charge in [-0.2, -0.15) is 0 Å². The molecule has 0 heterocycles. The molecule has 0 aliphatic carbocycles. The molecule has 0 saturated heterocycles. The van der Waals surface area contributed by atoms with Crippen molar-refractivity contribution in [3.05, 3.63) is 59.1 Å². The zero-order valence-electron chi connectivity index (χ0n) is 17.9. The topological polar surface area (TPSA) is 75.7 Å². The molecule has 0 fully saturated rings. The number of rotatable bonds is 9. The van der Waals surface area contributed by atoms with Gasteiger partial charge in [0.05, 0.1) is 25.1 Å². The highest BCUT2D eigenvalue weighted by Crippen LogP contribution is 2.26. The number of sulfonamides is 1. The van der Waals surface area contributed by atoms with Crippen LogP contribution in [0, 0.1) is 5.92 Å². The number of halogens is 1. The number of amides is 1. The zero-order chi connectivity index (χ0) is 22.5. The van der Waals surface area contributed by atoms with Crippen LogP contribution in [0.3, 0.4) is 0 Å². The van der Waals surface area contributed by atoms with Gasteiger partial charge in [0.15, 0.2) is 0 Å².